The maximum Gasteiger partial charge on any atom is 0.328 e. The molecule has 0 radical (unpaired) electrons. The van der Waals surface area contributed by atoms with Crippen LogP contribution in [0.15, 0.2) is 40.4 Å². The van der Waals surface area contributed by atoms with Crippen LogP contribution in [0.2, 0.25) is 0 Å². The van der Waals surface area contributed by atoms with E-state index in [0.29, 0.717) is 23.2 Å². The quantitative estimate of drug-likeness (QED) is 0.185. The SMILES string of the molecule is CC(C)(C)c1nc(C2CC2)cc(N2CCN(CCCSc3nccc(=O)[nH]3)CC2)n1.O=C(O)C=CC(=O)O. The van der Waals surface area contributed by atoms with Crippen molar-refractivity contribution >= 4 is 29.5 Å². The second-order valence-corrected chi connectivity index (χ2v) is 11.4. The summed E-state index contributed by atoms with van der Waals surface area (Å²) in [5, 5.41) is 16.3. The van der Waals surface area contributed by atoms with Gasteiger partial charge in [0.15, 0.2) is 5.16 Å². The van der Waals surface area contributed by atoms with Crippen LogP contribution in [0.5, 0.6) is 0 Å². The minimum Gasteiger partial charge on any atom is -0.478 e. The Kier molecular flexibility index (Phi) is 10.4. The third-order valence-corrected chi connectivity index (χ3v) is 6.94. The van der Waals surface area contributed by atoms with Crippen LogP contribution in [-0.4, -0.2) is 85.5 Å². The van der Waals surface area contributed by atoms with Crippen molar-refractivity contribution in [2.75, 3.05) is 43.4 Å². The summed E-state index contributed by atoms with van der Waals surface area (Å²) in [7, 11) is 0. The van der Waals surface area contributed by atoms with E-state index in [4.69, 9.17) is 20.2 Å². The van der Waals surface area contributed by atoms with Crippen molar-refractivity contribution in [1.29, 1.82) is 0 Å². The number of rotatable bonds is 9. The fourth-order valence-electron chi connectivity index (χ4n) is 3.76. The number of aliphatic carboxylic acids is 2. The van der Waals surface area contributed by atoms with E-state index in [1.165, 1.54) is 24.6 Å². The standard InChI is InChI=1S/C22H32N6OS.C4H4O4/c1-22(2,3)20-24-17(16-5-6-16)15-18(25-20)28-12-10-27(11-13-28)9-4-14-30-21-23-8-7-19(29)26-21;5-3(6)1-2-4(7)8/h7-8,15-16H,4-6,9-14H2,1-3H3,(H,23,26,29);1-2H,(H,5,6)(H,7,8). The average molecular weight is 545 g/mol. The first-order chi connectivity index (χ1) is 18.0. The van der Waals surface area contributed by atoms with Crippen molar-refractivity contribution in [2.45, 2.75) is 56.5 Å². The van der Waals surface area contributed by atoms with E-state index in [9.17, 15) is 14.4 Å². The third-order valence-electron chi connectivity index (χ3n) is 5.97. The normalized spacial score (nSPS) is 16.2. The van der Waals surface area contributed by atoms with Gasteiger partial charge in [-0.15, -0.1) is 0 Å². The first kappa shape index (κ1) is 29.3. The number of nitrogens with one attached hydrogen (secondary N) is 1. The van der Waals surface area contributed by atoms with Crippen molar-refractivity contribution < 1.29 is 19.8 Å². The van der Waals surface area contributed by atoms with Crippen LogP contribution < -0.4 is 10.5 Å². The number of aromatic amines is 1. The highest BCUT2D eigenvalue weighted by Gasteiger charge is 2.29. The maximum atomic E-state index is 11.3. The number of piperazine rings is 1. The molecule has 1 saturated carbocycles. The van der Waals surface area contributed by atoms with Gasteiger partial charge in [0, 0.05) is 79.4 Å². The van der Waals surface area contributed by atoms with Crippen LogP contribution in [0.25, 0.3) is 0 Å². The highest BCUT2D eigenvalue weighted by molar-refractivity contribution is 7.99. The summed E-state index contributed by atoms with van der Waals surface area (Å²) in [5.74, 6) is 1.15. The van der Waals surface area contributed by atoms with Gasteiger partial charge in [-0.1, -0.05) is 32.5 Å². The number of carbonyl (C=O) groups is 2. The zero-order chi connectivity index (χ0) is 27.7. The highest BCUT2D eigenvalue weighted by atomic mass is 32.2. The zero-order valence-corrected chi connectivity index (χ0v) is 22.9. The Morgan fingerprint density at radius 2 is 1.76 bits per heavy atom. The van der Waals surface area contributed by atoms with Crippen molar-refractivity contribution in [3.05, 3.63) is 52.4 Å². The molecule has 0 bridgehead atoms. The van der Waals surface area contributed by atoms with E-state index in [0.717, 1.165) is 56.5 Å². The number of aromatic nitrogens is 4. The molecule has 1 aliphatic heterocycles. The Labute approximate surface area is 226 Å². The number of thioether (sulfide) groups is 1. The van der Waals surface area contributed by atoms with Crippen molar-refractivity contribution in [1.82, 2.24) is 24.8 Å². The molecule has 11 nitrogen and oxygen atoms in total. The summed E-state index contributed by atoms with van der Waals surface area (Å²) >= 11 is 1.61. The molecule has 2 fully saturated rings. The molecule has 38 heavy (non-hydrogen) atoms. The van der Waals surface area contributed by atoms with E-state index in [1.807, 2.05) is 0 Å². The monoisotopic (exact) mass is 544 g/mol. The summed E-state index contributed by atoms with van der Waals surface area (Å²) in [6, 6.07) is 3.67. The lowest BCUT2D eigenvalue weighted by Crippen LogP contribution is -2.47. The maximum absolute atomic E-state index is 11.3. The van der Waals surface area contributed by atoms with Gasteiger partial charge in [0.2, 0.25) is 0 Å². The molecule has 0 atom stereocenters. The average Bonchev–Trinajstić information content (AvgIpc) is 3.71. The topological polar surface area (TPSA) is 153 Å². The Bertz CT molecular complexity index is 1170. The summed E-state index contributed by atoms with van der Waals surface area (Å²) in [6.45, 7) is 11.8. The molecule has 2 aromatic rings. The van der Waals surface area contributed by atoms with E-state index >= 15 is 0 Å². The van der Waals surface area contributed by atoms with Gasteiger partial charge < -0.3 is 20.1 Å². The molecule has 3 heterocycles. The van der Waals surface area contributed by atoms with Crippen LogP contribution in [-0.2, 0) is 15.0 Å². The van der Waals surface area contributed by atoms with Crippen LogP contribution >= 0.6 is 11.8 Å². The van der Waals surface area contributed by atoms with Gasteiger partial charge in [-0.05, 0) is 25.8 Å². The van der Waals surface area contributed by atoms with Crippen molar-refractivity contribution in [3.8, 4) is 0 Å². The van der Waals surface area contributed by atoms with Crippen molar-refractivity contribution in [2.24, 2.45) is 0 Å². The van der Waals surface area contributed by atoms with Gasteiger partial charge in [0.05, 0.1) is 0 Å². The number of H-pyrrole nitrogens is 1. The van der Waals surface area contributed by atoms with Gasteiger partial charge in [-0.25, -0.2) is 24.5 Å². The fraction of sp³-hybridized carbons (Fsp3) is 0.538. The molecule has 3 N–H and O–H groups in total. The second kappa shape index (κ2) is 13.5. The van der Waals surface area contributed by atoms with Gasteiger partial charge in [-0.2, -0.15) is 0 Å². The summed E-state index contributed by atoms with van der Waals surface area (Å²) in [4.78, 5) is 52.1. The van der Waals surface area contributed by atoms with Gasteiger partial charge in [0.25, 0.3) is 5.56 Å². The van der Waals surface area contributed by atoms with Crippen LogP contribution in [0.1, 0.15) is 57.5 Å². The number of hydrogen-bond acceptors (Lipinski definition) is 9. The molecule has 1 saturated heterocycles. The minimum atomic E-state index is -1.26. The highest BCUT2D eigenvalue weighted by Crippen LogP contribution is 2.40. The molecule has 0 spiro atoms. The Morgan fingerprint density at radius 3 is 2.32 bits per heavy atom. The minimum absolute atomic E-state index is 0.0307. The predicted octanol–water partition coefficient (Wildman–Crippen LogP) is 2.75. The smallest absolute Gasteiger partial charge is 0.328 e. The first-order valence-corrected chi connectivity index (χ1v) is 13.7. The molecule has 206 valence electrons. The largest absolute Gasteiger partial charge is 0.478 e. The zero-order valence-electron chi connectivity index (χ0n) is 22.1. The lowest BCUT2D eigenvalue weighted by molar-refractivity contribution is -0.134. The lowest BCUT2D eigenvalue weighted by atomic mass is 9.95. The van der Waals surface area contributed by atoms with E-state index in [-0.39, 0.29) is 11.0 Å². The van der Waals surface area contributed by atoms with Crippen LogP contribution in [0, 0.1) is 0 Å². The molecule has 0 aromatic carbocycles. The van der Waals surface area contributed by atoms with E-state index < -0.39 is 11.9 Å². The second-order valence-electron chi connectivity index (χ2n) is 10.3. The molecule has 0 amide bonds. The Balaban J connectivity index is 0.000000436. The number of nitrogens with zero attached hydrogens (tertiary/aromatic N) is 5. The Hall–Kier alpha value is -3.25. The molecular weight excluding hydrogens is 508 g/mol. The van der Waals surface area contributed by atoms with Gasteiger partial charge in [0.1, 0.15) is 11.6 Å². The van der Waals surface area contributed by atoms with Crippen LogP contribution in [0.4, 0.5) is 5.82 Å². The molecule has 1 aliphatic carbocycles. The molecular formula is C26H36N6O5S. The van der Waals surface area contributed by atoms with Crippen LogP contribution in [0.3, 0.4) is 0 Å². The Morgan fingerprint density at radius 1 is 1.11 bits per heavy atom. The summed E-state index contributed by atoms with van der Waals surface area (Å²) in [5.41, 5.74) is 1.11. The summed E-state index contributed by atoms with van der Waals surface area (Å²) in [6.07, 6.45) is 6.28. The molecule has 2 aromatic heterocycles. The summed E-state index contributed by atoms with van der Waals surface area (Å²) < 4.78 is 0. The van der Waals surface area contributed by atoms with Crippen molar-refractivity contribution in [3.63, 3.8) is 0 Å². The number of hydrogen-bond donors (Lipinski definition) is 3. The third kappa shape index (κ3) is 9.90. The first-order valence-electron chi connectivity index (χ1n) is 12.7. The van der Waals surface area contributed by atoms with Gasteiger partial charge >= 0.3 is 11.9 Å². The molecule has 12 heteroatoms. The number of carboxylic acid groups (broad SMARTS) is 2. The molecule has 2 aliphatic rings. The molecule has 4 rings (SSSR count). The van der Waals surface area contributed by atoms with E-state index in [1.54, 1.807) is 18.0 Å². The number of anilines is 1. The number of carboxylic acids is 2. The van der Waals surface area contributed by atoms with Gasteiger partial charge in [-0.3, -0.25) is 9.69 Å². The molecule has 0 unspecified atom stereocenters. The fourth-order valence-corrected chi connectivity index (χ4v) is 4.54. The lowest BCUT2D eigenvalue weighted by Gasteiger charge is -2.36. The van der Waals surface area contributed by atoms with E-state index in [2.05, 4.69) is 46.6 Å². The predicted molar refractivity (Wildman–Crippen MR) is 146 cm³/mol.